The third-order valence-corrected chi connectivity index (χ3v) is 6.14. The minimum absolute atomic E-state index is 0.161. The minimum Gasteiger partial charge on any atom is -0.489 e. The Bertz CT molecular complexity index is 995. The molecule has 1 saturated carbocycles. The lowest BCUT2D eigenvalue weighted by Gasteiger charge is -2.13. The van der Waals surface area contributed by atoms with Crippen molar-refractivity contribution in [2.24, 2.45) is 28.8 Å². The molecule has 5 heteroatoms. The van der Waals surface area contributed by atoms with Gasteiger partial charge in [-0.25, -0.2) is 0 Å². The molecule has 2 aliphatic carbocycles. The Hall–Kier alpha value is -3.21. The molecule has 5 rings (SSSR count). The fourth-order valence-electron chi connectivity index (χ4n) is 4.74. The van der Waals surface area contributed by atoms with Gasteiger partial charge >= 0.3 is 0 Å². The van der Waals surface area contributed by atoms with Crippen molar-refractivity contribution in [1.82, 2.24) is 5.01 Å². The van der Waals surface area contributed by atoms with E-state index in [-0.39, 0.29) is 35.5 Å². The molecule has 0 aromatic heterocycles. The van der Waals surface area contributed by atoms with Crippen LogP contribution in [0, 0.1) is 30.6 Å². The van der Waals surface area contributed by atoms with E-state index in [1.807, 2.05) is 36.4 Å². The molecule has 2 fully saturated rings. The lowest BCUT2D eigenvalue weighted by Crippen LogP contribution is -2.28. The summed E-state index contributed by atoms with van der Waals surface area (Å²) in [6.07, 6.45) is 6.66. The number of aryl methyl sites for hydroxylation is 1. The van der Waals surface area contributed by atoms with E-state index in [0.29, 0.717) is 6.61 Å². The highest BCUT2D eigenvalue weighted by Crippen LogP contribution is 2.52. The zero-order chi connectivity index (χ0) is 20.0. The summed E-state index contributed by atoms with van der Waals surface area (Å²) in [5.74, 6) is 0.406. The van der Waals surface area contributed by atoms with Crippen LogP contribution in [-0.4, -0.2) is 23.0 Å². The molecule has 3 aliphatic rings. The van der Waals surface area contributed by atoms with Crippen LogP contribution in [0.2, 0.25) is 0 Å². The molecule has 0 spiro atoms. The third kappa shape index (κ3) is 3.16. The molecule has 1 aliphatic heterocycles. The van der Waals surface area contributed by atoms with Gasteiger partial charge in [0.1, 0.15) is 12.4 Å². The topological polar surface area (TPSA) is 59.0 Å². The number of carbonyl (C=O) groups is 2. The normalized spacial score (nSPS) is 27.3. The number of allylic oxidation sites excluding steroid dienone is 2. The van der Waals surface area contributed by atoms with Crippen molar-refractivity contribution in [2.75, 3.05) is 0 Å². The number of nitrogens with zero attached hydrogens (tertiary/aromatic N) is 2. The Balaban J connectivity index is 1.23. The molecular weight excluding hydrogens is 364 g/mol. The minimum atomic E-state index is -0.216. The maximum Gasteiger partial charge on any atom is 0.254 e. The molecule has 4 atom stereocenters. The molecule has 2 aromatic rings. The van der Waals surface area contributed by atoms with Crippen LogP contribution in [0.3, 0.4) is 0 Å². The summed E-state index contributed by atoms with van der Waals surface area (Å²) in [4.78, 5) is 25.3. The highest BCUT2D eigenvalue weighted by Gasteiger charge is 2.59. The number of fused-ring (bicyclic) bond motifs is 5. The lowest BCUT2D eigenvalue weighted by atomic mass is 9.85. The van der Waals surface area contributed by atoms with Crippen LogP contribution in [0.15, 0.2) is 65.8 Å². The van der Waals surface area contributed by atoms with E-state index in [9.17, 15) is 9.59 Å². The fourth-order valence-corrected chi connectivity index (χ4v) is 4.74. The Kier molecular flexibility index (Phi) is 4.31. The molecule has 2 amide bonds. The first kappa shape index (κ1) is 17.9. The van der Waals surface area contributed by atoms with E-state index >= 15 is 0 Å². The number of ether oxygens (including phenoxy) is 1. The van der Waals surface area contributed by atoms with Gasteiger partial charge in [-0.05, 0) is 60.6 Å². The Labute approximate surface area is 169 Å². The summed E-state index contributed by atoms with van der Waals surface area (Å²) in [6.45, 7) is 2.56. The lowest BCUT2D eigenvalue weighted by molar-refractivity contribution is -0.140. The molecule has 5 nitrogen and oxygen atoms in total. The van der Waals surface area contributed by atoms with Gasteiger partial charge in [0.15, 0.2) is 0 Å². The summed E-state index contributed by atoms with van der Waals surface area (Å²) in [7, 11) is 0. The summed E-state index contributed by atoms with van der Waals surface area (Å²) >= 11 is 0. The molecular formula is C24H22N2O3. The maximum absolute atomic E-state index is 12.6. The van der Waals surface area contributed by atoms with Gasteiger partial charge in [0.05, 0.1) is 18.1 Å². The van der Waals surface area contributed by atoms with Gasteiger partial charge in [-0.2, -0.15) is 10.1 Å². The van der Waals surface area contributed by atoms with Crippen LogP contribution in [0.5, 0.6) is 5.75 Å². The van der Waals surface area contributed by atoms with Crippen molar-refractivity contribution < 1.29 is 14.3 Å². The van der Waals surface area contributed by atoms with Crippen LogP contribution >= 0.6 is 0 Å². The van der Waals surface area contributed by atoms with Crippen LogP contribution in [0.4, 0.5) is 0 Å². The molecule has 1 heterocycles. The smallest absolute Gasteiger partial charge is 0.254 e. The van der Waals surface area contributed by atoms with Crippen molar-refractivity contribution in [3.8, 4) is 5.75 Å². The zero-order valence-electron chi connectivity index (χ0n) is 16.2. The van der Waals surface area contributed by atoms with Gasteiger partial charge in [-0.15, -0.1) is 0 Å². The highest BCUT2D eigenvalue weighted by molar-refractivity contribution is 6.06. The summed E-state index contributed by atoms with van der Waals surface area (Å²) < 4.78 is 5.82. The molecule has 29 heavy (non-hydrogen) atoms. The molecule has 2 aromatic carbocycles. The molecule has 0 unspecified atom stereocenters. The van der Waals surface area contributed by atoms with E-state index in [0.717, 1.165) is 28.3 Å². The van der Waals surface area contributed by atoms with Crippen LogP contribution in [0.25, 0.3) is 0 Å². The number of imide groups is 1. The van der Waals surface area contributed by atoms with Gasteiger partial charge in [0, 0.05) is 0 Å². The standard InChI is InChI=1S/C24H22N2O3/c1-15-3-2-4-17(11-15)14-29-20-9-5-16(6-10-20)13-25-26-23(27)21-18-7-8-19(12-18)22(21)24(26)28/h2-11,13,18-19,21-22H,12,14H2,1H3/t18-,19-,21-,22+/m0/s1. The fraction of sp³-hybridized carbons (Fsp3) is 0.292. The first-order valence-electron chi connectivity index (χ1n) is 9.99. The van der Waals surface area contributed by atoms with Crippen molar-refractivity contribution in [1.29, 1.82) is 0 Å². The van der Waals surface area contributed by atoms with E-state index in [1.165, 1.54) is 5.56 Å². The van der Waals surface area contributed by atoms with Gasteiger partial charge in [0.2, 0.25) is 0 Å². The Morgan fingerprint density at radius 3 is 2.38 bits per heavy atom. The highest BCUT2D eigenvalue weighted by atomic mass is 16.5. The molecule has 0 radical (unpaired) electrons. The Morgan fingerprint density at radius 2 is 1.72 bits per heavy atom. The third-order valence-electron chi connectivity index (χ3n) is 6.14. The number of hydrogen-bond donors (Lipinski definition) is 0. The average molecular weight is 386 g/mol. The SMILES string of the molecule is Cc1cccc(COc2ccc(C=NN3C(=O)[C@@H]4[C@H](C3=O)[C@H]3C=C[C@H]4C3)cc2)c1. The monoisotopic (exact) mass is 386 g/mol. The summed E-state index contributed by atoms with van der Waals surface area (Å²) in [5.41, 5.74) is 3.14. The molecule has 1 saturated heterocycles. The first-order chi connectivity index (χ1) is 14.1. The number of hydrogen-bond acceptors (Lipinski definition) is 4. The maximum atomic E-state index is 12.6. The number of amides is 2. The second-order valence-corrected chi connectivity index (χ2v) is 8.08. The van der Waals surface area contributed by atoms with Crippen LogP contribution in [0.1, 0.15) is 23.1 Å². The Morgan fingerprint density at radius 1 is 1.03 bits per heavy atom. The number of hydrazone groups is 1. The van der Waals surface area contributed by atoms with E-state index in [1.54, 1.807) is 6.21 Å². The number of rotatable bonds is 5. The van der Waals surface area contributed by atoms with E-state index in [2.05, 4.69) is 36.3 Å². The van der Waals surface area contributed by atoms with Gasteiger partial charge in [-0.3, -0.25) is 9.59 Å². The van der Waals surface area contributed by atoms with Crippen LogP contribution < -0.4 is 4.74 Å². The molecule has 146 valence electrons. The predicted molar refractivity (Wildman–Crippen MR) is 109 cm³/mol. The summed E-state index contributed by atoms with van der Waals surface area (Å²) in [5, 5.41) is 5.28. The average Bonchev–Trinajstić information content (AvgIpc) is 3.40. The largest absolute Gasteiger partial charge is 0.489 e. The van der Waals surface area contributed by atoms with E-state index < -0.39 is 0 Å². The molecule has 2 bridgehead atoms. The van der Waals surface area contributed by atoms with Crippen molar-refractivity contribution in [3.05, 3.63) is 77.4 Å². The van der Waals surface area contributed by atoms with Gasteiger partial charge < -0.3 is 4.74 Å². The van der Waals surface area contributed by atoms with Crippen molar-refractivity contribution >= 4 is 18.0 Å². The van der Waals surface area contributed by atoms with Crippen molar-refractivity contribution in [3.63, 3.8) is 0 Å². The van der Waals surface area contributed by atoms with E-state index in [4.69, 9.17) is 4.74 Å². The van der Waals surface area contributed by atoms with Crippen molar-refractivity contribution in [2.45, 2.75) is 20.0 Å². The number of carbonyl (C=O) groups excluding carboxylic acids is 2. The predicted octanol–water partition coefficient (Wildman–Crippen LogP) is 3.72. The summed E-state index contributed by atoms with van der Waals surface area (Å²) in [6, 6.07) is 15.7. The zero-order valence-corrected chi connectivity index (χ0v) is 16.2. The second-order valence-electron chi connectivity index (χ2n) is 8.08. The first-order valence-corrected chi connectivity index (χ1v) is 9.99. The number of benzene rings is 2. The van der Waals surface area contributed by atoms with Gasteiger partial charge in [-0.1, -0.05) is 42.0 Å². The van der Waals surface area contributed by atoms with Crippen LogP contribution in [-0.2, 0) is 16.2 Å². The van der Waals surface area contributed by atoms with Gasteiger partial charge in [0.25, 0.3) is 11.8 Å². The molecule has 0 N–H and O–H groups in total. The second kappa shape index (κ2) is 6.99. The quantitative estimate of drug-likeness (QED) is 0.447.